The van der Waals surface area contributed by atoms with Gasteiger partial charge in [-0.3, -0.25) is 4.79 Å². The van der Waals surface area contributed by atoms with Gasteiger partial charge in [-0.05, 0) is 23.8 Å². The quantitative estimate of drug-likeness (QED) is 0.684. The highest BCUT2D eigenvalue weighted by molar-refractivity contribution is 9.10. The molecule has 2 aromatic rings. The monoisotopic (exact) mass is 365 g/mol. The van der Waals surface area contributed by atoms with Crippen molar-refractivity contribution in [2.75, 3.05) is 17.6 Å². The zero-order chi connectivity index (χ0) is 15.2. The Hall–Kier alpha value is -1.79. The molecule has 0 spiro atoms. The molecule has 0 saturated carbocycles. The third-order valence-corrected chi connectivity index (χ3v) is 4.33. The lowest BCUT2D eigenvalue weighted by Gasteiger charge is -2.04. The van der Waals surface area contributed by atoms with Crippen molar-refractivity contribution >= 4 is 43.9 Å². The molecule has 0 bridgehead atoms. The summed E-state index contributed by atoms with van der Waals surface area (Å²) in [6.45, 7) is 4.67. The van der Waals surface area contributed by atoms with E-state index in [-0.39, 0.29) is 5.91 Å². The highest BCUT2D eigenvalue weighted by Gasteiger charge is 2.13. The fraction of sp³-hybridized carbons (Fsp3) is 0.133. The van der Waals surface area contributed by atoms with Gasteiger partial charge in [-0.15, -0.1) is 17.9 Å². The van der Waals surface area contributed by atoms with E-state index in [9.17, 15) is 4.79 Å². The Bertz CT molecular complexity index is 654. The number of nitrogens with two attached hydrogens (primary N) is 1. The maximum Gasteiger partial charge on any atom is 0.263 e. The number of halogens is 1. The van der Waals surface area contributed by atoms with Crippen molar-refractivity contribution in [1.82, 2.24) is 5.32 Å². The summed E-state index contributed by atoms with van der Waals surface area (Å²) < 4.78 is 1.04. The van der Waals surface area contributed by atoms with Gasteiger partial charge in [0, 0.05) is 17.6 Å². The van der Waals surface area contributed by atoms with Gasteiger partial charge in [-0.1, -0.05) is 34.1 Å². The molecule has 0 aliphatic carbocycles. The Morgan fingerprint density at radius 3 is 2.95 bits per heavy atom. The number of rotatable bonds is 6. The van der Waals surface area contributed by atoms with Crippen molar-refractivity contribution in [2.24, 2.45) is 0 Å². The van der Waals surface area contributed by atoms with Crippen LogP contribution >= 0.6 is 27.3 Å². The SMILES string of the molecule is C=CCNC(=O)c1sc(NCc2cccc(Br)c2)cc1N. The number of carbonyl (C=O) groups excluding carboxylic acids is 1. The van der Waals surface area contributed by atoms with Crippen LogP contribution in [-0.4, -0.2) is 12.5 Å². The van der Waals surface area contributed by atoms with Crippen LogP contribution in [0.4, 0.5) is 10.7 Å². The van der Waals surface area contributed by atoms with E-state index in [0.717, 1.165) is 15.0 Å². The number of thiophene rings is 1. The van der Waals surface area contributed by atoms with Crippen molar-refractivity contribution in [3.05, 3.63) is 57.9 Å². The summed E-state index contributed by atoms with van der Waals surface area (Å²) in [5.41, 5.74) is 7.52. The van der Waals surface area contributed by atoms with Crippen molar-refractivity contribution in [2.45, 2.75) is 6.54 Å². The number of carbonyl (C=O) groups is 1. The van der Waals surface area contributed by atoms with Gasteiger partial charge in [0.2, 0.25) is 0 Å². The molecule has 1 heterocycles. The molecule has 6 heteroatoms. The van der Waals surface area contributed by atoms with Crippen molar-refractivity contribution < 1.29 is 4.79 Å². The number of anilines is 2. The summed E-state index contributed by atoms with van der Waals surface area (Å²) >= 11 is 4.79. The third kappa shape index (κ3) is 4.34. The number of hydrogen-bond acceptors (Lipinski definition) is 4. The second kappa shape index (κ2) is 7.28. The van der Waals surface area contributed by atoms with Gasteiger partial charge in [-0.25, -0.2) is 0 Å². The second-order valence-electron chi connectivity index (χ2n) is 4.38. The molecule has 4 N–H and O–H groups in total. The summed E-state index contributed by atoms with van der Waals surface area (Å²) in [4.78, 5) is 12.4. The molecule has 0 fully saturated rings. The van der Waals surface area contributed by atoms with Crippen LogP contribution in [0.15, 0.2) is 47.5 Å². The van der Waals surface area contributed by atoms with Gasteiger partial charge in [-0.2, -0.15) is 0 Å². The Morgan fingerprint density at radius 1 is 1.43 bits per heavy atom. The number of amides is 1. The van der Waals surface area contributed by atoms with Crippen LogP contribution in [0.3, 0.4) is 0 Å². The summed E-state index contributed by atoms with van der Waals surface area (Å²) in [6.07, 6.45) is 1.63. The highest BCUT2D eigenvalue weighted by atomic mass is 79.9. The molecule has 0 unspecified atom stereocenters. The van der Waals surface area contributed by atoms with E-state index in [4.69, 9.17) is 5.73 Å². The number of nitrogens with one attached hydrogen (secondary N) is 2. The Labute approximate surface area is 136 Å². The lowest BCUT2D eigenvalue weighted by atomic mass is 10.2. The van der Waals surface area contributed by atoms with Crippen LogP contribution in [0.1, 0.15) is 15.2 Å². The Balaban J connectivity index is 2.01. The minimum absolute atomic E-state index is 0.173. The van der Waals surface area contributed by atoms with Crippen LogP contribution in [0.2, 0.25) is 0 Å². The topological polar surface area (TPSA) is 67.2 Å². The molecule has 0 aliphatic heterocycles. The molecule has 1 aromatic heterocycles. The fourth-order valence-electron chi connectivity index (χ4n) is 1.75. The fourth-order valence-corrected chi connectivity index (χ4v) is 3.09. The first-order chi connectivity index (χ1) is 10.1. The normalized spacial score (nSPS) is 10.1. The van der Waals surface area contributed by atoms with Crippen molar-refractivity contribution in [1.29, 1.82) is 0 Å². The second-order valence-corrected chi connectivity index (χ2v) is 6.35. The molecule has 110 valence electrons. The zero-order valence-corrected chi connectivity index (χ0v) is 13.8. The maximum absolute atomic E-state index is 11.9. The molecule has 4 nitrogen and oxygen atoms in total. The third-order valence-electron chi connectivity index (χ3n) is 2.73. The standard InChI is InChI=1S/C15H16BrN3OS/c1-2-6-18-15(20)14-12(17)8-13(21-14)19-9-10-4-3-5-11(16)7-10/h2-5,7-8,19H,1,6,9,17H2,(H,18,20). The molecular formula is C15H16BrN3OS. The number of benzene rings is 1. The molecule has 1 amide bonds. The van der Waals surface area contributed by atoms with Crippen LogP contribution in [-0.2, 0) is 6.54 Å². The van der Waals surface area contributed by atoms with E-state index in [2.05, 4.69) is 33.1 Å². The van der Waals surface area contributed by atoms with Crippen LogP contribution < -0.4 is 16.4 Å². The van der Waals surface area contributed by atoms with Crippen molar-refractivity contribution in [3.8, 4) is 0 Å². The lowest BCUT2D eigenvalue weighted by Crippen LogP contribution is -2.22. The maximum atomic E-state index is 11.9. The van der Waals surface area contributed by atoms with E-state index in [1.165, 1.54) is 11.3 Å². The Morgan fingerprint density at radius 2 is 2.24 bits per heavy atom. The zero-order valence-electron chi connectivity index (χ0n) is 11.4. The minimum atomic E-state index is -0.173. The van der Waals surface area contributed by atoms with Crippen LogP contribution in [0.5, 0.6) is 0 Å². The van der Waals surface area contributed by atoms with Gasteiger partial charge >= 0.3 is 0 Å². The van der Waals surface area contributed by atoms with Crippen LogP contribution in [0, 0.1) is 0 Å². The molecular weight excluding hydrogens is 350 g/mol. The van der Waals surface area contributed by atoms with Crippen molar-refractivity contribution in [3.63, 3.8) is 0 Å². The predicted molar refractivity (Wildman–Crippen MR) is 92.7 cm³/mol. The first-order valence-electron chi connectivity index (χ1n) is 6.37. The van der Waals surface area contributed by atoms with E-state index in [1.54, 1.807) is 12.1 Å². The largest absolute Gasteiger partial charge is 0.397 e. The lowest BCUT2D eigenvalue weighted by molar-refractivity contribution is 0.0963. The van der Waals surface area contributed by atoms with Gasteiger partial charge < -0.3 is 16.4 Å². The molecule has 0 aliphatic rings. The smallest absolute Gasteiger partial charge is 0.263 e. The Kier molecular flexibility index (Phi) is 5.41. The minimum Gasteiger partial charge on any atom is -0.397 e. The van der Waals surface area contributed by atoms with Crippen LogP contribution in [0.25, 0.3) is 0 Å². The van der Waals surface area contributed by atoms with Gasteiger partial charge in [0.25, 0.3) is 5.91 Å². The molecule has 0 radical (unpaired) electrons. The molecule has 0 atom stereocenters. The average molecular weight is 366 g/mol. The molecule has 0 saturated heterocycles. The van der Waals surface area contributed by atoms with E-state index >= 15 is 0 Å². The number of nitrogen functional groups attached to an aromatic ring is 1. The first kappa shape index (κ1) is 15.6. The first-order valence-corrected chi connectivity index (χ1v) is 7.98. The van der Waals surface area contributed by atoms with E-state index in [0.29, 0.717) is 23.7 Å². The van der Waals surface area contributed by atoms with E-state index in [1.807, 2.05) is 24.3 Å². The molecule has 1 aromatic carbocycles. The summed E-state index contributed by atoms with van der Waals surface area (Å²) in [5.74, 6) is -0.173. The van der Waals surface area contributed by atoms with Gasteiger partial charge in [0.15, 0.2) is 0 Å². The van der Waals surface area contributed by atoms with Gasteiger partial charge in [0.1, 0.15) is 4.88 Å². The summed E-state index contributed by atoms with van der Waals surface area (Å²) in [5, 5.41) is 6.87. The molecule has 21 heavy (non-hydrogen) atoms. The highest BCUT2D eigenvalue weighted by Crippen LogP contribution is 2.29. The number of hydrogen-bond donors (Lipinski definition) is 3. The average Bonchev–Trinajstić information content (AvgIpc) is 2.84. The summed E-state index contributed by atoms with van der Waals surface area (Å²) in [7, 11) is 0. The molecule has 2 rings (SSSR count). The summed E-state index contributed by atoms with van der Waals surface area (Å²) in [6, 6.07) is 9.83. The predicted octanol–water partition coefficient (Wildman–Crippen LogP) is 3.62. The van der Waals surface area contributed by atoms with E-state index < -0.39 is 0 Å². The van der Waals surface area contributed by atoms with Gasteiger partial charge in [0.05, 0.1) is 10.7 Å².